The van der Waals surface area contributed by atoms with Gasteiger partial charge in [-0.15, -0.1) is 0 Å². The van der Waals surface area contributed by atoms with Crippen molar-refractivity contribution in [3.63, 3.8) is 0 Å². The van der Waals surface area contributed by atoms with E-state index in [0.29, 0.717) is 10.5 Å². The smallest absolute Gasteiger partial charge is 0.256 e. The molecule has 1 fully saturated rings. The van der Waals surface area contributed by atoms with E-state index in [-0.39, 0.29) is 18.6 Å². The monoisotopic (exact) mass is 291 g/mol. The molecule has 2 amide bonds. The van der Waals surface area contributed by atoms with Crippen LogP contribution in [0, 0.1) is 5.82 Å². The van der Waals surface area contributed by atoms with E-state index in [1.165, 1.54) is 12.1 Å². The quantitative estimate of drug-likeness (QED) is 0.827. The highest BCUT2D eigenvalue weighted by atomic mass is 19.1. The van der Waals surface area contributed by atoms with Gasteiger partial charge in [0.1, 0.15) is 5.82 Å². The first-order chi connectivity index (χ1) is 9.99. The minimum atomic E-state index is -0.696. The van der Waals surface area contributed by atoms with Crippen molar-refractivity contribution >= 4 is 17.7 Å². The molecule has 1 aliphatic heterocycles. The highest BCUT2D eigenvalue weighted by molar-refractivity contribution is 6.20. The molecule has 0 aliphatic carbocycles. The van der Waals surface area contributed by atoms with Crippen molar-refractivity contribution < 1.29 is 28.6 Å². The molecular formula is C14H10FNO5. The second kappa shape index (κ2) is 4.62. The molecule has 0 unspecified atom stereocenters. The van der Waals surface area contributed by atoms with Crippen LogP contribution in [0.1, 0.15) is 12.8 Å². The molecule has 0 bridgehead atoms. The van der Waals surface area contributed by atoms with Crippen molar-refractivity contribution in [2.75, 3.05) is 4.90 Å². The maximum atomic E-state index is 12.9. The summed E-state index contributed by atoms with van der Waals surface area (Å²) in [6, 6.07) is 4.98. The SMILES string of the molecule is O=C1CCC(=O)N1c1oc(-c2ccc(F)cc2)c(O)c1O. The predicted molar refractivity (Wildman–Crippen MR) is 69.2 cm³/mol. The predicted octanol–water partition coefficient (Wildman–Crippen LogP) is 2.15. The Morgan fingerprint density at radius 2 is 1.57 bits per heavy atom. The van der Waals surface area contributed by atoms with Gasteiger partial charge >= 0.3 is 0 Å². The zero-order valence-electron chi connectivity index (χ0n) is 10.7. The topological polar surface area (TPSA) is 91.0 Å². The Hall–Kier alpha value is -2.83. The fourth-order valence-corrected chi connectivity index (χ4v) is 2.15. The van der Waals surface area contributed by atoms with Crippen LogP contribution >= 0.6 is 0 Å². The van der Waals surface area contributed by atoms with Crippen molar-refractivity contribution in [3.8, 4) is 22.8 Å². The number of rotatable bonds is 2. The minimum Gasteiger partial charge on any atom is -0.502 e. The van der Waals surface area contributed by atoms with Crippen molar-refractivity contribution in [1.29, 1.82) is 0 Å². The summed E-state index contributed by atoms with van der Waals surface area (Å²) in [6.07, 6.45) is 0.0389. The third kappa shape index (κ3) is 2.03. The van der Waals surface area contributed by atoms with Gasteiger partial charge < -0.3 is 14.6 Å². The molecule has 0 saturated carbocycles. The highest BCUT2D eigenvalue weighted by Crippen LogP contribution is 2.47. The zero-order chi connectivity index (χ0) is 15.1. The molecule has 2 aromatic rings. The second-order valence-electron chi connectivity index (χ2n) is 4.56. The fourth-order valence-electron chi connectivity index (χ4n) is 2.15. The largest absolute Gasteiger partial charge is 0.502 e. The Kier molecular flexibility index (Phi) is 2.90. The van der Waals surface area contributed by atoms with Gasteiger partial charge in [0.25, 0.3) is 5.88 Å². The van der Waals surface area contributed by atoms with Gasteiger partial charge in [-0.1, -0.05) is 0 Å². The molecule has 2 heterocycles. The van der Waals surface area contributed by atoms with Gasteiger partial charge in [-0.25, -0.2) is 9.29 Å². The third-order valence-electron chi connectivity index (χ3n) is 3.20. The summed E-state index contributed by atoms with van der Waals surface area (Å²) in [4.78, 5) is 24.0. The van der Waals surface area contributed by atoms with Crippen molar-refractivity contribution in [2.24, 2.45) is 0 Å². The Bertz CT molecular complexity index is 719. The molecule has 1 aromatic heterocycles. The van der Waals surface area contributed by atoms with Crippen LogP contribution in [-0.2, 0) is 9.59 Å². The second-order valence-corrected chi connectivity index (χ2v) is 4.56. The van der Waals surface area contributed by atoms with Crippen LogP contribution < -0.4 is 4.90 Å². The van der Waals surface area contributed by atoms with Crippen LogP contribution in [-0.4, -0.2) is 22.0 Å². The average molecular weight is 291 g/mol. The van der Waals surface area contributed by atoms with Gasteiger partial charge in [0.2, 0.25) is 23.3 Å². The lowest BCUT2D eigenvalue weighted by atomic mass is 10.1. The number of hydrogen-bond donors (Lipinski definition) is 2. The molecule has 0 atom stereocenters. The number of aromatic hydroxyl groups is 2. The van der Waals surface area contributed by atoms with Gasteiger partial charge in [-0.3, -0.25) is 9.59 Å². The standard InChI is InChI=1S/C14H10FNO5/c15-8-3-1-7(2-4-8)13-11(19)12(20)14(21-13)16-9(17)5-6-10(16)18/h1-4,19-20H,5-6H2. The van der Waals surface area contributed by atoms with Crippen molar-refractivity contribution in [3.05, 3.63) is 30.1 Å². The minimum absolute atomic E-state index is 0.0195. The lowest BCUT2D eigenvalue weighted by Gasteiger charge is -2.09. The number of amides is 2. The lowest BCUT2D eigenvalue weighted by molar-refractivity contribution is -0.121. The van der Waals surface area contributed by atoms with Crippen LogP contribution in [0.15, 0.2) is 28.7 Å². The first-order valence-corrected chi connectivity index (χ1v) is 6.15. The molecule has 21 heavy (non-hydrogen) atoms. The first-order valence-electron chi connectivity index (χ1n) is 6.15. The van der Waals surface area contributed by atoms with E-state index in [1.807, 2.05) is 0 Å². The maximum Gasteiger partial charge on any atom is 0.256 e. The molecule has 0 spiro atoms. The van der Waals surface area contributed by atoms with E-state index in [2.05, 4.69) is 0 Å². The molecule has 6 nitrogen and oxygen atoms in total. The van der Waals surface area contributed by atoms with Crippen LogP contribution in [0.3, 0.4) is 0 Å². The Morgan fingerprint density at radius 1 is 1.00 bits per heavy atom. The molecule has 3 rings (SSSR count). The van der Waals surface area contributed by atoms with E-state index in [0.717, 1.165) is 12.1 Å². The summed E-state index contributed by atoms with van der Waals surface area (Å²) in [5.41, 5.74) is 0.301. The van der Waals surface area contributed by atoms with Gasteiger partial charge in [0, 0.05) is 18.4 Å². The molecule has 1 aliphatic rings. The van der Waals surface area contributed by atoms with Crippen LogP contribution in [0.2, 0.25) is 0 Å². The summed E-state index contributed by atoms with van der Waals surface area (Å²) in [6.45, 7) is 0. The zero-order valence-corrected chi connectivity index (χ0v) is 10.7. The van der Waals surface area contributed by atoms with Gasteiger partial charge in [0.15, 0.2) is 5.76 Å². The molecule has 7 heteroatoms. The average Bonchev–Trinajstić information content (AvgIpc) is 2.93. The number of halogens is 1. The maximum absolute atomic E-state index is 12.9. The summed E-state index contributed by atoms with van der Waals surface area (Å²) in [5, 5.41) is 19.8. The van der Waals surface area contributed by atoms with Crippen LogP contribution in [0.5, 0.6) is 11.5 Å². The van der Waals surface area contributed by atoms with Crippen LogP contribution in [0.25, 0.3) is 11.3 Å². The number of anilines is 1. The normalized spacial score (nSPS) is 15.0. The van der Waals surface area contributed by atoms with Crippen molar-refractivity contribution in [2.45, 2.75) is 12.8 Å². The number of nitrogens with zero attached hydrogens (tertiary/aromatic N) is 1. The van der Waals surface area contributed by atoms with Gasteiger partial charge in [0.05, 0.1) is 0 Å². The third-order valence-corrected chi connectivity index (χ3v) is 3.20. The van der Waals surface area contributed by atoms with E-state index in [1.54, 1.807) is 0 Å². The summed E-state index contributed by atoms with van der Waals surface area (Å²) >= 11 is 0. The number of carbonyl (C=O) groups is 2. The number of hydrogen-bond acceptors (Lipinski definition) is 5. The van der Waals surface area contributed by atoms with Crippen LogP contribution in [0.4, 0.5) is 10.3 Å². The summed E-state index contributed by atoms with van der Waals surface area (Å²) in [7, 11) is 0. The molecular weight excluding hydrogens is 281 g/mol. The number of benzene rings is 1. The summed E-state index contributed by atoms with van der Waals surface area (Å²) in [5.74, 6) is -3.38. The molecule has 1 aromatic carbocycles. The molecule has 108 valence electrons. The van der Waals surface area contributed by atoms with Gasteiger partial charge in [-0.05, 0) is 24.3 Å². The number of carbonyl (C=O) groups excluding carboxylic acids is 2. The Balaban J connectivity index is 2.09. The van der Waals surface area contributed by atoms with Gasteiger partial charge in [-0.2, -0.15) is 0 Å². The van der Waals surface area contributed by atoms with Crippen molar-refractivity contribution in [1.82, 2.24) is 0 Å². The van der Waals surface area contributed by atoms with E-state index in [4.69, 9.17) is 4.42 Å². The number of furan rings is 1. The van der Waals surface area contributed by atoms with E-state index < -0.39 is 35.0 Å². The Morgan fingerprint density at radius 3 is 2.14 bits per heavy atom. The first kappa shape index (κ1) is 13.2. The summed E-state index contributed by atoms with van der Waals surface area (Å²) < 4.78 is 18.2. The molecule has 2 N–H and O–H groups in total. The molecule has 0 radical (unpaired) electrons. The fraction of sp³-hybridized carbons (Fsp3) is 0.143. The highest BCUT2D eigenvalue weighted by Gasteiger charge is 2.37. The van der Waals surface area contributed by atoms with E-state index >= 15 is 0 Å². The lowest BCUT2D eigenvalue weighted by Crippen LogP contribution is -2.28. The number of imide groups is 1. The molecule has 1 saturated heterocycles. The van der Waals surface area contributed by atoms with E-state index in [9.17, 15) is 24.2 Å². The Labute approximate surface area is 118 Å².